The number of hydrogen-bond acceptors (Lipinski definition) is 11. The fourth-order valence-electron chi connectivity index (χ4n) is 4.51. The highest BCUT2D eigenvalue weighted by Crippen LogP contribution is 2.33. The summed E-state index contributed by atoms with van der Waals surface area (Å²) in [4.78, 5) is 36.5. The van der Waals surface area contributed by atoms with E-state index >= 15 is 0 Å². The lowest BCUT2D eigenvalue weighted by molar-refractivity contribution is -0.150. The summed E-state index contributed by atoms with van der Waals surface area (Å²) in [5, 5.41) is 24.4. The zero-order chi connectivity index (χ0) is 24.9. The summed E-state index contributed by atoms with van der Waals surface area (Å²) >= 11 is 0. The molecule has 2 unspecified atom stereocenters. The summed E-state index contributed by atoms with van der Waals surface area (Å²) in [6, 6.07) is 0.0648. The van der Waals surface area contributed by atoms with Gasteiger partial charge in [-0.05, 0) is 25.7 Å². The average molecular weight is 492 g/mol. The molecular formula is C23H33N5O7. The number of imidazole rings is 1. The lowest BCUT2D eigenvalue weighted by Crippen LogP contribution is -2.34. The maximum atomic E-state index is 11.8. The van der Waals surface area contributed by atoms with Gasteiger partial charge in [-0.3, -0.25) is 14.2 Å². The number of carbonyl (C=O) groups excluding carboxylic acids is 2. The van der Waals surface area contributed by atoms with Crippen LogP contribution in [-0.4, -0.2) is 78.7 Å². The highest BCUT2D eigenvalue weighted by molar-refractivity contribution is 5.82. The third-order valence-electron chi connectivity index (χ3n) is 6.31. The normalized spacial score (nSPS) is 28.3. The molecule has 1 aliphatic carbocycles. The van der Waals surface area contributed by atoms with Gasteiger partial charge in [-0.25, -0.2) is 15.0 Å². The molecule has 1 saturated carbocycles. The lowest BCUT2D eigenvalue weighted by Gasteiger charge is -2.17. The van der Waals surface area contributed by atoms with Crippen LogP contribution in [0.3, 0.4) is 0 Å². The largest absolute Gasteiger partial charge is 0.463 e. The summed E-state index contributed by atoms with van der Waals surface area (Å²) in [6.45, 7) is 3.65. The van der Waals surface area contributed by atoms with E-state index in [4.69, 9.17) is 14.2 Å². The monoisotopic (exact) mass is 491 g/mol. The van der Waals surface area contributed by atoms with Gasteiger partial charge in [0.1, 0.15) is 37.4 Å². The van der Waals surface area contributed by atoms with Crippen LogP contribution in [-0.2, 0) is 23.8 Å². The van der Waals surface area contributed by atoms with Crippen molar-refractivity contribution in [2.24, 2.45) is 0 Å². The van der Waals surface area contributed by atoms with E-state index in [1.165, 1.54) is 17.2 Å². The minimum Gasteiger partial charge on any atom is -0.463 e. The van der Waals surface area contributed by atoms with Crippen LogP contribution >= 0.6 is 0 Å². The number of anilines is 1. The Bertz CT molecular complexity index is 1030. The Labute approximate surface area is 203 Å². The maximum Gasteiger partial charge on any atom is 0.306 e. The molecule has 0 aromatic carbocycles. The van der Waals surface area contributed by atoms with Crippen LogP contribution < -0.4 is 5.32 Å². The molecule has 0 spiro atoms. The quantitative estimate of drug-likeness (QED) is 0.413. The van der Waals surface area contributed by atoms with Crippen LogP contribution in [0, 0.1) is 0 Å². The zero-order valence-corrected chi connectivity index (χ0v) is 20.0. The van der Waals surface area contributed by atoms with Crippen molar-refractivity contribution < 1.29 is 34.0 Å². The molecule has 2 fully saturated rings. The van der Waals surface area contributed by atoms with Crippen LogP contribution in [0.15, 0.2) is 12.7 Å². The topological polar surface area (TPSA) is 158 Å². The summed E-state index contributed by atoms with van der Waals surface area (Å²) in [5.74, 6) is -0.0264. The molecule has 3 heterocycles. The van der Waals surface area contributed by atoms with E-state index < -0.39 is 24.5 Å². The van der Waals surface area contributed by atoms with Crippen molar-refractivity contribution in [2.45, 2.75) is 95.5 Å². The van der Waals surface area contributed by atoms with Crippen molar-refractivity contribution in [3.8, 4) is 0 Å². The first-order valence-electron chi connectivity index (χ1n) is 12.2. The van der Waals surface area contributed by atoms with Gasteiger partial charge < -0.3 is 29.7 Å². The molecule has 0 amide bonds. The summed E-state index contributed by atoms with van der Waals surface area (Å²) in [5.41, 5.74) is 0.910. The van der Waals surface area contributed by atoms with E-state index in [-0.39, 0.29) is 37.1 Å². The molecular weight excluding hydrogens is 458 g/mol. The SMILES string of the molecule is CCCC(=O)OC[C@H]1OC(n2cnc3c(NC4CC[C@@H](OC(=O)CCC)C4)ncnc32)[C@H](O)[C@@H]1O. The molecule has 12 nitrogen and oxygen atoms in total. The molecule has 2 aliphatic rings. The number of aliphatic hydroxyl groups is 2. The number of nitrogens with one attached hydrogen (secondary N) is 1. The number of aliphatic hydroxyl groups excluding tert-OH is 2. The number of carbonyl (C=O) groups is 2. The molecule has 0 bridgehead atoms. The second kappa shape index (κ2) is 11.3. The molecule has 3 N–H and O–H groups in total. The molecule has 1 aliphatic heterocycles. The van der Waals surface area contributed by atoms with E-state index in [2.05, 4.69) is 20.3 Å². The van der Waals surface area contributed by atoms with E-state index in [1.807, 2.05) is 13.8 Å². The molecule has 35 heavy (non-hydrogen) atoms. The second-order valence-corrected chi connectivity index (χ2v) is 9.04. The Morgan fingerprint density at radius 2 is 1.89 bits per heavy atom. The van der Waals surface area contributed by atoms with Crippen LogP contribution in [0.2, 0.25) is 0 Å². The van der Waals surface area contributed by atoms with Gasteiger partial charge >= 0.3 is 11.9 Å². The highest BCUT2D eigenvalue weighted by Gasteiger charge is 2.45. The summed E-state index contributed by atoms with van der Waals surface area (Å²) in [6.07, 6.45) is 2.80. The summed E-state index contributed by atoms with van der Waals surface area (Å²) in [7, 11) is 0. The van der Waals surface area contributed by atoms with Crippen molar-refractivity contribution in [1.82, 2.24) is 19.5 Å². The molecule has 12 heteroatoms. The maximum absolute atomic E-state index is 11.8. The number of hydrogen-bond donors (Lipinski definition) is 3. The van der Waals surface area contributed by atoms with Crippen molar-refractivity contribution in [2.75, 3.05) is 11.9 Å². The fraction of sp³-hybridized carbons (Fsp3) is 0.696. The molecule has 4 rings (SSSR count). The Morgan fingerprint density at radius 3 is 2.66 bits per heavy atom. The third-order valence-corrected chi connectivity index (χ3v) is 6.31. The number of esters is 2. The number of ether oxygens (including phenoxy) is 3. The van der Waals surface area contributed by atoms with Crippen LogP contribution in [0.5, 0.6) is 0 Å². The summed E-state index contributed by atoms with van der Waals surface area (Å²) < 4.78 is 18.0. The smallest absolute Gasteiger partial charge is 0.306 e. The molecule has 1 saturated heterocycles. The highest BCUT2D eigenvalue weighted by atomic mass is 16.6. The average Bonchev–Trinajstić information content (AvgIpc) is 3.52. The van der Waals surface area contributed by atoms with Gasteiger partial charge in [-0.2, -0.15) is 0 Å². The van der Waals surface area contributed by atoms with Gasteiger partial charge in [-0.1, -0.05) is 13.8 Å². The number of rotatable bonds is 10. The Hall–Kier alpha value is -2.83. The molecule has 0 radical (unpaired) electrons. The van der Waals surface area contributed by atoms with Gasteiger partial charge in [0.2, 0.25) is 0 Å². The first-order chi connectivity index (χ1) is 16.9. The second-order valence-electron chi connectivity index (χ2n) is 9.04. The zero-order valence-electron chi connectivity index (χ0n) is 20.0. The van der Waals surface area contributed by atoms with Crippen LogP contribution in [0.4, 0.5) is 5.82 Å². The van der Waals surface area contributed by atoms with Crippen LogP contribution in [0.25, 0.3) is 11.2 Å². The van der Waals surface area contributed by atoms with Crippen molar-refractivity contribution in [3.63, 3.8) is 0 Å². The Kier molecular flexibility index (Phi) is 8.14. The Morgan fingerprint density at radius 1 is 1.11 bits per heavy atom. The lowest BCUT2D eigenvalue weighted by atomic mass is 10.1. The molecule has 6 atom stereocenters. The first kappa shape index (κ1) is 25.3. The fourth-order valence-corrected chi connectivity index (χ4v) is 4.51. The predicted octanol–water partition coefficient (Wildman–Crippen LogP) is 1.47. The van der Waals surface area contributed by atoms with Crippen molar-refractivity contribution in [1.29, 1.82) is 0 Å². The predicted molar refractivity (Wildman–Crippen MR) is 123 cm³/mol. The van der Waals surface area contributed by atoms with Gasteiger partial charge in [0.25, 0.3) is 0 Å². The minimum absolute atomic E-state index is 0.0648. The van der Waals surface area contributed by atoms with Crippen LogP contribution in [0.1, 0.15) is 65.0 Å². The van der Waals surface area contributed by atoms with E-state index in [9.17, 15) is 19.8 Å². The van der Waals surface area contributed by atoms with Gasteiger partial charge in [0.05, 0.1) is 6.33 Å². The number of fused-ring (bicyclic) bond motifs is 1. The number of aromatic nitrogens is 4. The third kappa shape index (κ3) is 5.71. The van der Waals surface area contributed by atoms with Gasteiger partial charge in [0, 0.05) is 25.3 Å². The van der Waals surface area contributed by atoms with E-state index in [1.54, 1.807) is 0 Å². The first-order valence-corrected chi connectivity index (χ1v) is 12.2. The van der Waals surface area contributed by atoms with Gasteiger partial charge in [-0.15, -0.1) is 0 Å². The molecule has 192 valence electrons. The molecule has 2 aromatic heterocycles. The Balaban J connectivity index is 1.42. The standard InChI is InChI=1S/C23H33N5O7/c1-3-5-16(29)33-10-15-19(31)20(32)23(35-15)28-12-26-18-21(24-11-25-22(18)28)27-13-7-8-14(9-13)34-17(30)6-4-2/h11-15,19-20,23,31-32H,3-10H2,1-2H3,(H,24,25,27)/t13?,14-,15-,19-,20-,23?/m1/s1. The number of nitrogens with zero attached hydrogens (tertiary/aromatic N) is 4. The van der Waals surface area contributed by atoms with E-state index in [0.29, 0.717) is 36.2 Å². The van der Waals surface area contributed by atoms with Gasteiger partial charge in [0.15, 0.2) is 23.2 Å². The molecule has 2 aromatic rings. The van der Waals surface area contributed by atoms with Crippen molar-refractivity contribution in [3.05, 3.63) is 12.7 Å². The van der Waals surface area contributed by atoms with Crippen molar-refractivity contribution >= 4 is 28.9 Å². The van der Waals surface area contributed by atoms with E-state index in [0.717, 1.165) is 19.3 Å². The minimum atomic E-state index is -1.26.